The Bertz CT molecular complexity index is 660. The van der Waals surface area contributed by atoms with E-state index in [2.05, 4.69) is 0 Å². The highest BCUT2D eigenvalue weighted by Crippen LogP contribution is 2.22. The molecule has 20 heavy (non-hydrogen) atoms. The van der Waals surface area contributed by atoms with E-state index < -0.39 is 11.6 Å². The first-order chi connectivity index (χ1) is 9.65. The molecule has 0 bridgehead atoms. The third kappa shape index (κ3) is 2.34. The van der Waals surface area contributed by atoms with Gasteiger partial charge < -0.3 is 4.74 Å². The maximum atomic E-state index is 13.5. The molecule has 1 aliphatic rings. The van der Waals surface area contributed by atoms with Gasteiger partial charge in [0.1, 0.15) is 11.6 Å². The number of halogens is 2. The van der Waals surface area contributed by atoms with Crippen LogP contribution in [0.5, 0.6) is 0 Å². The predicted octanol–water partition coefficient (Wildman–Crippen LogP) is 3.42. The van der Waals surface area contributed by atoms with Crippen molar-refractivity contribution in [2.24, 2.45) is 0 Å². The van der Waals surface area contributed by atoms with E-state index in [4.69, 9.17) is 4.74 Å². The van der Waals surface area contributed by atoms with Crippen LogP contribution in [0.25, 0.3) is 0 Å². The van der Waals surface area contributed by atoms with Crippen LogP contribution in [-0.2, 0) is 24.4 Å². The second-order valence-corrected chi connectivity index (χ2v) is 4.78. The molecule has 4 heteroatoms. The van der Waals surface area contributed by atoms with E-state index in [9.17, 15) is 13.6 Å². The van der Waals surface area contributed by atoms with E-state index >= 15 is 0 Å². The summed E-state index contributed by atoms with van der Waals surface area (Å²) in [6.07, 6.45) is -0.280. The van der Waals surface area contributed by atoms with Gasteiger partial charge in [-0.15, -0.1) is 0 Å². The van der Waals surface area contributed by atoms with Gasteiger partial charge in [0.25, 0.3) is 0 Å². The topological polar surface area (TPSA) is 26.3 Å². The van der Waals surface area contributed by atoms with Crippen LogP contribution in [0.15, 0.2) is 36.4 Å². The highest BCUT2D eigenvalue weighted by atomic mass is 19.1. The summed E-state index contributed by atoms with van der Waals surface area (Å²) in [6, 6.07) is 8.83. The van der Waals surface area contributed by atoms with E-state index in [0.29, 0.717) is 18.8 Å². The molecule has 0 spiro atoms. The fourth-order valence-electron chi connectivity index (χ4n) is 2.31. The molecule has 0 unspecified atom stereocenters. The molecule has 0 atom stereocenters. The molecular weight excluding hydrogens is 262 g/mol. The largest absolute Gasteiger partial charge is 0.372 e. The van der Waals surface area contributed by atoms with Crippen LogP contribution in [0.4, 0.5) is 8.78 Å². The molecular formula is C16H12F2O2. The second-order valence-electron chi connectivity index (χ2n) is 4.78. The lowest BCUT2D eigenvalue weighted by atomic mass is 9.99. The number of ketones is 1. The van der Waals surface area contributed by atoms with E-state index in [0.717, 1.165) is 23.3 Å². The van der Waals surface area contributed by atoms with Crippen LogP contribution in [-0.4, -0.2) is 5.78 Å². The van der Waals surface area contributed by atoms with Crippen molar-refractivity contribution in [3.8, 4) is 0 Å². The smallest absolute Gasteiger partial charge is 0.167 e. The summed E-state index contributed by atoms with van der Waals surface area (Å²) < 4.78 is 32.3. The van der Waals surface area contributed by atoms with Gasteiger partial charge in [-0.3, -0.25) is 4.79 Å². The molecule has 0 N–H and O–H groups in total. The quantitative estimate of drug-likeness (QED) is 0.802. The van der Waals surface area contributed by atoms with Gasteiger partial charge in [0.15, 0.2) is 5.78 Å². The van der Waals surface area contributed by atoms with Gasteiger partial charge in [-0.2, -0.15) is 0 Å². The second kappa shape index (κ2) is 5.13. The van der Waals surface area contributed by atoms with Crippen molar-refractivity contribution in [1.29, 1.82) is 0 Å². The Labute approximate surface area is 115 Å². The van der Waals surface area contributed by atoms with E-state index in [-0.39, 0.29) is 17.8 Å². The Morgan fingerprint density at radius 2 is 1.75 bits per heavy atom. The van der Waals surface area contributed by atoms with Gasteiger partial charge in [-0.05, 0) is 29.3 Å². The van der Waals surface area contributed by atoms with Crippen molar-refractivity contribution < 1.29 is 18.3 Å². The number of hydrogen-bond donors (Lipinski definition) is 0. The normalized spacial score (nSPS) is 13.3. The Morgan fingerprint density at radius 1 is 1.05 bits per heavy atom. The van der Waals surface area contributed by atoms with Gasteiger partial charge in [-0.1, -0.05) is 18.2 Å². The van der Waals surface area contributed by atoms with Crippen LogP contribution >= 0.6 is 0 Å². The number of benzene rings is 2. The summed E-state index contributed by atoms with van der Waals surface area (Å²) in [5.74, 6) is -1.69. The number of carbonyl (C=O) groups is 1. The van der Waals surface area contributed by atoms with Crippen molar-refractivity contribution in [3.05, 3.63) is 70.3 Å². The summed E-state index contributed by atoms with van der Waals surface area (Å²) in [6.45, 7) is 1.02. The van der Waals surface area contributed by atoms with Crippen molar-refractivity contribution in [2.45, 2.75) is 19.6 Å². The summed E-state index contributed by atoms with van der Waals surface area (Å²) in [4.78, 5) is 12.1. The van der Waals surface area contributed by atoms with Crippen molar-refractivity contribution in [1.82, 2.24) is 0 Å². The average molecular weight is 274 g/mol. The van der Waals surface area contributed by atoms with Gasteiger partial charge in [0, 0.05) is 17.5 Å². The minimum Gasteiger partial charge on any atom is -0.372 e. The van der Waals surface area contributed by atoms with Crippen LogP contribution in [0, 0.1) is 11.6 Å². The first kappa shape index (κ1) is 12.9. The van der Waals surface area contributed by atoms with Crippen LogP contribution in [0.1, 0.15) is 27.0 Å². The van der Waals surface area contributed by atoms with Crippen LogP contribution < -0.4 is 0 Å². The van der Waals surface area contributed by atoms with E-state index in [1.54, 1.807) is 12.1 Å². The average Bonchev–Trinajstić information content (AvgIpc) is 2.90. The Hall–Kier alpha value is -2.07. The van der Waals surface area contributed by atoms with Gasteiger partial charge in [0.2, 0.25) is 0 Å². The highest BCUT2D eigenvalue weighted by molar-refractivity contribution is 5.97. The Kier molecular flexibility index (Phi) is 3.32. The lowest BCUT2D eigenvalue weighted by Gasteiger charge is -2.06. The lowest BCUT2D eigenvalue weighted by molar-refractivity contribution is 0.0990. The van der Waals surface area contributed by atoms with Crippen LogP contribution in [0.2, 0.25) is 0 Å². The molecule has 3 rings (SSSR count). The maximum Gasteiger partial charge on any atom is 0.167 e. The lowest BCUT2D eigenvalue weighted by Crippen LogP contribution is -2.08. The predicted molar refractivity (Wildman–Crippen MR) is 69.3 cm³/mol. The summed E-state index contributed by atoms with van der Waals surface area (Å²) in [7, 11) is 0. The maximum absolute atomic E-state index is 13.5. The summed E-state index contributed by atoms with van der Waals surface area (Å²) >= 11 is 0. The number of ether oxygens (including phenoxy) is 1. The molecule has 0 aliphatic carbocycles. The Morgan fingerprint density at radius 3 is 2.50 bits per heavy atom. The third-order valence-corrected chi connectivity index (χ3v) is 3.44. The van der Waals surface area contributed by atoms with Crippen molar-refractivity contribution >= 4 is 5.78 Å². The molecule has 0 radical (unpaired) electrons. The molecule has 1 aliphatic heterocycles. The standard InChI is InChI=1S/C16H12F2O2/c17-14-2-1-3-15(18)13(14)7-16(19)10-4-5-11-8-20-9-12(11)6-10/h1-6H,7-9H2. The summed E-state index contributed by atoms with van der Waals surface area (Å²) in [5.41, 5.74) is 2.29. The first-order valence-corrected chi connectivity index (χ1v) is 6.31. The number of carbonyl (C=O) groups excluding carboxylic acids is 1. The minimum absolute atomic E-state index is 0.186. The van der Waals surface area contributed by atoms with Crippen LogP contribution in [0.3, 0.4) is 0 Å². The number of rotatable bonds is 3. The SMILES string of the molecule is O=C(Cc1c(F)cccc1F)c1ccc2c(c1)COC2. The number of hydrogen-bond acceptors (Lipinski definition) is 2. The van der Waals surface area contributed by atoms with E-state index in [1.807, 2.05) is 6.07 Å². The van der Waals surface area contributed by atoms with E-state index in [1.165, 1.54) is 6.07 Å². The highest BCUT2D eigenvalue weighted by Gasteiger charge is 2.17. The molecule has 2 aromatic carbocycles. The Balaban J connectivity index is 1.86. The fourth-order valence-corrected chi connectivity index (χ4v) is 2.31. The third-order valence-electron chi connectivity index (χ3n) is 3.44. The molecule has 2 aromatic rings. The van der Waals surface area contributed by atoms with Gasteiger partial charge >= 0.3 is 0 Å². The number of fused-ring (bicyclic) bond motifs is 1. The molecule has 1 heterocycles. The molecule has 0 amide bonds. The van der Waals surface area contributed by atoms with Crippen molar-refractivity contribution in [2.75, 3.05) is 0 Å². The first-order valence-electron chi connectivity index (χ1n) is 6.31. The monoisotopic (exact) mass is 274 g/mol. The van der Waals surface area contributed by atoms with Crippen molar-refractivity contribution in [3.63, 3.8) is 0 Å². The molecule has 0 saturated heterocycles. The zero-order valence-electron chi connectivity index (χ0n) is 10.7. The molecule has 0 fully saturated rings. The summed E-state index contributed by atoms with van der Waals surface area (Å²) in [5, 5.41) is 0. The molecule has 102 valence electrons. The zero-order valence-corrected chi connectivity index (χ0v) is 10.7. The minimum atomic E-state index is -0.692. The van der Waals surface area contributed by atoms with Gasteiger partial charge in [0.05, 0.1) is 13.2 Å². The number of Topliss-reactive ketones (excluding diaryl/α,β-unsaturated/α-hetero) is 1. The molecule has 0 aromatic heterocycles. The zero-order chi connectivity index (χ0) is 14.1. The molecule has 0 saturated carbocycles. The van der Waals surface area contributed by atoms with Gasteiger partial charge in [-0.25, -0.2) is 8.78 Å². The molecule has 2 nitrogen and oxygen atoms in total. The fraction of sp³-hybridized carbons (Fsp3) is 0.188.